The van der Waals surface area contributed by atoms with Crippen molar-refractivity contribution in [1.29, 1.82) is 0 Å². The first-order valence-electron chi connectivity index (χ1n) is 8.80. The standard InChI is InChI=1S/C21H21FN2O3S/c1-11-7-5-9-16(12(11)2)27-14(4)20(25)23-24-21(26)19-13(3)18-15(22)8-6-10-17(18)28-19/h5-10,14H,1-4H3,(H,23,25)(H,24,26). The van der Waals surface area contributed by atoms with Crippen molar-refractivity contribution in [3.05, 3.63) is 63.8 Å². The molecule has 0 bridgehead atoms. The SMILES string of the molecule is Cc1cccc(OC(C)C(=O)NNC(=O)c2sc3cccc(F)c3c2C)c1C. The van der Waals surface area contributed by atoms with Gasteiger partial charge >= 0.3 is 0 Å². The monoisotopic (exact) mass is 400 g/mol. The fraction of sp³-hybridized carbons (Fsp3) is 0.238. The zero-order valence-electron chi connectivity index (χ0n) is 16.1. The number of benzene rings is 2. The summed E-state index contributed by atoms with van der Waals surface area (Å²) in [7, 11) is 0. The number of rotatable bonds is 4. The Morgan fingerprint density at radius 3 is 2.46 bits per heavy atom. The molecule has 146 valence electrons. The molecule has 5 nitrogen and oxygen atoms in total. The lowest BCUT2D eigenvalue weighted by molar-refractivity contribution is -0.128. The van der Waals surface area contributed by atoms with E-state index in [0.717, 1.165) is 11.1 Å². The van der Waals surface area contributed by atoms with E-state index in [1.54, 1.807) is 32.0 Å². The molecule has 3 rings (SSSR count). The number of fused-ring (bicyclic) bond motifs is 1. The number of halogens is 1. The van der Waals surface area contributed by atoms with Crippen LogP contribution in [0.3, 0.4) is 0 Å². The molecule has 1 unspecified atom stereocenters. The summed E-state index contributed by atoms with van der Waals surface area (Å²) in [5.41, 5.74) is 7.31. The molecule has 0 radical (unpaired) electrons. The highest BCUT2D eigenvalue weighted by molar-refractivity contribution is 7.21. The molecule has 0 spiro atoms. The summed E-state index contributed by atoms with van der Waals surface area (Å²) < 4.78 is 20.4. The first kappa shape index (κ1) is 19.8. The van der Waals surface area contributed by atoms with Gasteiger partial charge in [0, 0.05) is 10.1 Å². The van der Waals surface area contributed by atoms with Gasteiger partial charge < -0.3 is 4.74 Å². The number of aryl methyl sites for hydroxylation is 2. The molecule has 1 atom stereocenters. The van der Waals surface area contributed by atoms with Crippen molar-refractivity contribution in [3.8, 4) is 5.75 Å². The molecule has 0 fully saturated rings. The van der Waals surface area contributed by atoms with E-state index in [-0.39, 0.29) is 5.82 Å². The van der Waals surface area contributed by atoms with E-state index in [1.165, 1.54) is 17.4 Å². The van der Waals surface area contributed by atoms with E-state index >= 15 is 0 Å². The normalized spacial score (nSPS) is 11.9. The van der Waals surface area contributed by atoms with Crippen molar-refractivity contribution in [2.75, 3.05) is 0 Å². The smallest absolute Gasteiger partial charge is 0.280 e. The first-order chi connectivity index (χ1) is 13.3. The number of hydrogen-bond donors (Lipinski definition) is 2. The second kappa shape index (κ2) is 7.98. The van der Waals surface area contributed by atoms with Gasteiger partial charge in [0.15, 0.2) is 6.10 Å². The Kier molecular flexibility index (Phi) is 5.65. The lowest BCUT2D eigenvalue weighted by atomic mass is 10.1. The van der Waals surface area contributed by atoms with Gasteiger partial charge in [0.25, 0.3) is 11.8 Å². The number of ether oxygens (including phenoxy) is 1. The van der Waals surface area contributed by atoms with Crippen LogP contribution in [0.25, 0.3) is 10.1 Å². The summed E-state index contributed by atoms with van der Waals surface area (Å²) in [6.07, 6.45) is -0.804. The second-order valence-electron chi connectivity index (χ2n) is 6.57. The quantitative estimate of drug-likeness (QED) is 0.645. The van der Waals surface area contributed by atoms with Crippen molar-refractivity contribution in [2.45, 2.75) is 33.8 Å². The van der Waals surface area contributed by atoms with E-state index < -0.39 is 17.9 Å². The van der Waals surface area contributed by atoms with Gasteiger partial charge in [-0.1, -0.05) is 18.2 Å². The predicted octanol–water partition coefficient (Wildman–Crippen LogP) is 4.19. The fourth-order valence-corrected chi connectivity index (χ4v) is 3.96. The molecule has 0 aliphatic heterocycles. The lowest BCUT2D eigenvalue weighted by Gasteiger charge is -2.17. The number of carbonyl (C=O) groups excluding carboxylic acids is 2. The third-order valence-electron chi connectivity index (χ3n) is 4.64. The molecule has 0 saturated heterocycles. The Bertz CT molecular complexity index is 1060. The number of hydrogen-bond acceptors (Lipinski definition) is 4. The second-order valence-corrected chi connectivity index (χ2v) is 7.62. The Morgan fingerprint density at radius 2 is 1.75 bits per heavy atom. The summed E-state index contributed by atoms with van der Waals surface area (Å²) in [4.78, 5) is 25.1. The van der Waals surface area contributed by atoms with Gasteiger partial charge in [-0.3, -0.25) is 20.4 Å². The van der Waals surface area contributed by atoms with Crippen molar-refractivity contribution < 1.29 is 18.7 Å². The van der Waals surface area contributed by atoms with Crippen LogP contribution < -0.4 is 15.6 Å². The number of amides is 2. The molecular weight excluding hydrogens is 379 g/mol. The Balaban J connectivity index is 1.66. The largest absolute Gasteiger partial charge is 0.481 e. The topological polar surface area (TPSA) is 67.4 Å². The first-order valence-corrected chi connectivity index (χ1v) is 9.62. The van der Waals surface area contributed by atoms with Crippen LogP contribution in [-0.2, 0) is 4.79 Å². The number of nitrogens with one attached hydrogen (secondary N) is 2. The van der Waals surface area contributed by atoms with Gasteiger partial charge in [-0.25, -0.2) is 4.39 Å². The number of hydrazine groups is 1. The van der Waals surface area contributed by atoms with E-state index in [2.05, 4.69) is 10.9 Å². The van der Waals surface area contributed by atoms with Gasteiger partial charge in [-0.05, 0) is 62.6 Å². The van der Waals surface area contributed by atoms with Gasteiger partial charge in [0.05, 0.1) is 4.88 Å². The highest BCUT2D eigenvalue weighted by Crippen LogP contribution is 2.32. The van der Waals surface area contributed by atoms with Crippen molar-refractivity contribution >= 4 is 33.2 Å². The third-order valence-corrected chi connectivity index (χ3v) is 5.89. The van der Waals surface area contributed by atoms with Crippen molar-refractivity contribution in [3.63, 3.8) is 0 Å². The molecule has 28 heavy (non-hydrogen) atoms. The van der Waals surface area contributed by atoms with Crippen LogP contribution in [0, 0.1) is 26.6 Å². The van der Waals surface area contributed by atoms with E-state index in [4.69, 9.17) is 4.74 Å². The molecule has 2 amide bonds. The molecule has 0 saturated carbocycles. The molecular formula is C21H21FN2O3S. The Hall–Kier alpha value is -2.93. The predicted molar refractivity (Wildman–Crippen MR) is 108 cm³/mol. The molecule has 0 aliphatic rings. The van der Waals surface area contributed by atoms with Crippen LogP contribution in [0.5, 0.6) is 5.75 Å². The molecule has 2 aromatic carbocycles. The average Bonchev–Trinajstić information content (AvgIpc) is 3.01. The number of thiophene rings is 1. The highest BCUT2D eigenvalue weighted by atomic mass is 32.1. The minimum Gasteiger partial charge on any atom is -0.481 e. The summed E-state index contributed by atoms with van der Waals surface area (Å²) >= 11 is 1.18. The van der Waals surface area contributed by atoms with Crippen LogP contribution in [-0.4, -0.2) is 17.9 Å². The zero-order chi connectivity index (χ0) is 20.4. The minimum absolute atomic E-state index is 0.350. The van der Waals surface area contributed by atoms with Crippen LogP contribution in [0.1, 0.15) is 33.3 Å². The number of carbonyl (C=O) groups is 2. The van der Waals surface area contributed by atoms with E-state index in [0.29, 0.717) is 26.3 Å². The minimum atomic E-state index is -0.804. The molecule has 3 aromatic rings. The highest BCUT2D eigenvalue weighted by Gasteiger charge is 2.20. The van der Waals surface area contributed by atoms with Gasteiger partial charge in [-0.2, -0.15) is 0 Å². The van der Waals surface area contributed by atoms with E-state index in [1.807, 2.05) is 26.0 Å². The van der Waals surface area contributed by atoms with Crippen molar-refractivity contribution in [1.82, 2.24) is 10.9 Å². The molecule has 7 heteroatoms. The maximum absolute atomic E-state index is 14.0. The van der Waals surface area contributed by atoms with Crippen LogP contribution in [0.4, 0.5) is 4.39 Å². The van der Waals surface area contributed by atoms with Crippen LogP contribution >= 0.6 is 11.3 Å². The molecule has 1 heterocycles. The summed E-state index contributed by atoms with van der Waals surface area (Å²) in [6.45, 7) is 7.16. The summed E-state index contributed by atoms with van der Waals surface area (Å²) in [6, 6.07) is 10.3. The van der Waals surface area contributed by atoms with Gasteiger partial charge in [0.1, 0.15) is 11.6 Å². The van der Waals surface area contributed by atoms with Crippen molar-refractivity contribution in [2.24, 2.45) is 0 Å². The lowest BCUT2D eigenvalue weighted by Crippen LogP contribution is -2.47. The maximum Gasteiger partial charge on any atom is 0.280 e. The van der Waals surface area contributed by atoms with Gasteiger partial charge in [-0.15, -0.1) is 11.3 Å². The van der Waals surface area contributed by atoms with E-state index in [9.17, 15) is 14.0 Å². The Morgan fingerprint density at radius 1 is 1.04 bits per heavy atom. The van der Waals surface area contributed by atoms with Crippen LogP contribution in [0.15, 0.2) is 36.4 Å². The van der Waals surface area contributed by atoms with Gasteiger partial charge in [0.2, 0.25) is 0 Å². The fourth-order valence-electron chi connectivity index (χ4n) is 2.84. The van der Waals surface area contributed by atoms with Crippen LogP contribution in [0.2, 0.25) is 0 Å². The molecule has 1 aromatic heterocycles. The molecule has 0 aliphatic carbocycles. The zero-order valence-corrected chi connectivity index (χ0v) is 16.9. The summed E-state index contributed by atoms with van der Waals surface area (Å²) in [5.74, 6) is -0.737. The average molecular weight is 400 g/mol. The molecule has 2 N–H and O–H groups in total. The summed E-state index contributed by atoms with van der Waals surface area (Å²) in [5, 5.41) is 0.426. The Labute approximate surface area is 166 Å². The maximum atomic E-state index is 14.0. The third kappa shape index (κ3) is 3.84.